The number of hydrogen-bond acceptors (Lipinski definition) is 4. The van der Waals surface area contributed by atoms with Gasteiger partial charge >= 0.3 is 0 Å². The Hall–Kier alpha value is -2.02. The minimum absolute atomic E-state index is 0.0385. The Balaban J connectivity index is 2.03. The summed E-state index contributed by atoms with van der Waals surface area (Å²) in [5.74, 6) is 0.303. The van der Waals surface area contributed by atoms with Crippen LogP contribution in [0.1, 0.15) is 11.4 Å². The number of aryl methyl sites for hydroxylation is 1. The zero-order valence-electron chi connectivity index (χ0n) is 10.4. The van der Waals surface area contributed by atoms with Gasteiger partial charge in [0.25, 0.3) is 0 Å². The molecule has 1 aromatic carbocycles. The Labute approximate surface area is 115 Å². The van der Waals surface area contributed by atoms with E-state index in [-0.39, 0.29) is 10.6 Å². The number of benzene rings is 1. The van der Waals surface area contributed by atoms with Gasteiger partial charge in [0, 0.05) is 25.7 Å². The third-order valence-corrected chi connectivity index (χ3v) is 2.78. The van der Waals surface area contributed by atoms with Crippen LogP contribution in [0, 0.1) is 5.82 Å². The molecule has 0 saturated heterocycles. The fourth-order valence-electron chi connectivity index (χ4n) is 1.73. The molecule has 5 nitrogen and oxygen atoms in total. The van der Waals surface area contributed by atoms with Gasteiger partial charge in [-0.1, -0.05) is 18.3 Å². The van der Waals surface area contributed by atoms with E-state index in [1.54, 1.807) is 23.1 Å². The van der Waals surface area contributed by atoms with E-state index >= 15 is 0 Å². The third kappa shape index (κ3) is 3.25. The van der Waals surface area contributed by atoms with E-state index in [0.29, 0.717) is 18.7 Å². The Morgan fingerprint density at radius 2 is 2.32 bits per heavy atom. The molecule has 0 aliphatic heterocycles. The summed E-state index contributed by atoms with van der Waals surface area (Å²) in [5.41, 5.74) is 6.35. The van der Waals surface area contributed by atoms with Crippen molar-refractivity contribution in [3.8, 4) is 0 Å². The first-order chi connectivity index (χ1) is 9.08. The van der Waals surface area contributed by atoms with E-state index in [0.717, 1.165) is 5.82 Å². The maximum atomic E-state index is 13.6. The second-order valence-electron chi connectivity index (χ2n) is 4.04. The predicted octanol–water partition coefficient (Wildman–Crippen LogP) is 1.24. The summed E-state index contributed by atoms with van der Waals surface area (Å²) in [7, 11) is 1.81. The Kier molecular flexibility index (Phi) is 4.06. The van der Waals surface area contributed by atoms with Crippen LogP contribution in [0.25, 0.3) is 0 Å². The molecule has 0 amide bonds. The fourth-order valence-corrected chi connectivity index (χ4v) is 1.94. The zero-order chi connectivity index (χ0) is 13.8. The van der Waals surface area contributed by atoms with Crippen LogP contribution in [0.3, 0.4) is 0 Å². The fraction of sp³-hybridized carbons (Fsp3) is 0.250. The highest BCUT2D eigenvalue weighted by Crippen LogP contribution is 2.18. The second kappa shape index (κ2) is 5.75. The number of anilines is 1. The first kappa shape index (κ1) is 13.4. The summed E-state index contributed by atoms with van der Waals surface area (Å²) in [6.07, 6.45) is 2.27. The Morgan fingerprint density at radius 1 is 1.53 bits per heavy atom. The molecule has 0 aliphatic rings. The van der Waals surface area contributed by atoms with Crippen LogP contribution < -0.4 is 11.1 Å². The summed E-state index contributed by atoms with van der Waals surface area (Å²) in [6.45, 7) is 0.572. The molecule has 2 aromatic rings. The van der Waals surface area contributed by atoms with Gasteiger partial charge in [-0.25, -0.2) is 9.37 Å². The summed E-state index contributed by atoms with van der Waals surface area (Å²) in [4.78, 5) is 4.15. The number of thiocarbonyl (C=S) groups is 1. The van der Waals surface area contributed by atoms with Crippen molar-refractivity contribution < 1.29 is 4.39 Å². The third-order valence-electron chi connectivity index (χ3n) is 2.57. The van der Waals surface area contributed by atoms with Crippen molar-refractivity contribution in [2.75, 3.05) is 11.9 Å². The number of rotatable bonds is 5. The SMILES string of the molecule is Cn1cnc(CCNc2cccc(F)c2C(N)=S)n1. The zero-order valence-corrected chi connectivity index (χ0v) is 11.2. The molecule has 0 radical (unpaired) electrons. The lowest BCUT2D eigenvalue weighted by Gasteiger charge is -2.11. The van der Waals surface area contributed by atoms with Crippen LogP contribution in [0.15, 0.2) is 24.5 Å². The number of nitrogens with one attached hydrogen (secondary N) is 1. The highest BCUT2D eigenvalue weighted by atomic mass is 32.1. The molecular weight excluding hydrogens is 265 g/mol. The molecule has 100 valence electrons. The van der Waals surface area contributed by atoms with Crippen LogP contribution in [0.5, 0.6) is 0 Å². The molecular formula is C12H14FN5S. The molecule has 0 aliphatic carbocycles. The van der Waals surface area contributed by atoms with Crippen molar-refractivity contribution in [3.05, 3.63) is 41.7 Å². The van der Waals surface area contributed by atoms with Crippen LogP contribution in [-0.2, 0) is 13.5 Å². The van der Waals surface area contributed by atoms with E-state index < -0.39 is 5.82 Å². The van der Waals surface area contributed by atoms with E-state index in [1.165, 1.54) is 6.07 Å². The molecule has 0 unspecified atom stereocenters. The molecule has 3 N–H and O–H groups in total. The van der Waals surface area contributed by atoms with Crippen molar-refractivity contribution in [1.82, 2.24) is 14.8 Å². The molecule has 0 saturated carbocycles. The minimum Gasteiger partial charge on any atom is -0.389 e. The van der Waals surface area contributed by atoms with Crippen LogP contribution >= 0.6 is 12.2 Å². The highest BCUT2D eigenvalue weighted by Gasteiger charge is 2.10. The molecule has 0 spiro atoms. The van der Waals surface area contributed by atoms with E-state index in [1.807, 2.05) is 7.05 Å². The lowest BCUT2D eigenvalue weighted by Crippen LogP contribution is -2.16. The van der Waals surface area contributed by atoms with Gasteiger partial charge in [-0.05, 0) is 12.1 Å². The Bertz CT molecular complexity index is 596. The van der Waals surface area contributed by atoms with Crippen LogP contribution in [0.2, 0.25) is 0 Å². The van der Waals surface area contributed by atoms with Crippen molar-refractivity contribution in [1.29, 1.82) is 0 Å². The van der Waals surface area contributed by atoms with Crippen molar-refractivity contribution in [2.45, 2.75) is 6.42 Å². The van der Waals surface area contributed by atoms with Crippen LogP contribution in [-0.4, -0.2) is 26.3 Å². The number of nitrogens with two attached hydrogens (primary N) is 1. The first-order valence-corrected chi connectivity index (χ1v) is 6.15. The number of hydrogen-bond donors (Lipinski definition) is 2. The Morgan fingerprint density at radius 3 is 2.95 bits per heavy atom. The molecule has 1 aromatic heterocycles. The maximum absolute atomic E-state index is 13.6. The van der Waals surface area contributed by atoms with Gasteiger partial charge in [-0.2, -0.15) is 5.10 Å². The molecule has 0 fully saturated rings. The van der Waals surface area contributed by atoms with Crippen molar-refractivity contribution >= 4 is 22.9 Å². The standard InChI is InChI=1S/C12H14FN5S/c1-18-7-16-10(17-18)5-6-15-9-4-2-3-8(13)11(9)12(14)19/h2-4,7,15H,5-6H2,1H3,(H2,14,19). The lowest BCUT2D eigenvalue weighted by atomic mass is 10.1. The quantitative estimate of drug-likeness (QED) is 0.806. The van der Waals surface area contributed by atoms with Gasteiger partial charge in [0.05, 0.1) is 5.56 Å². The van der Waals surface area contributed by atoms with E-state index in [4.69, 9.17) is 18.0 Å². The number of aromatic nitrogens is 3. The monoisotopic (exact) mass is 279 g/mol. The van der Waals surface area contributed by atoms with Gasteiger partial charge in [0.15, 0.2) is 5.82 Å². The van der Waals surface area contributed by atoms with Gasteiger partial charge in [-0.3, -0.25) is 4.68 Å². The van der Waals surface area contributed by atoms with E-state index in [2.05, 4.69) is 15.4 Å². The highest BCUT2D eigenvalue weighted by molar-refractivity contribution is 7.80. The predicted molar refractivity (Wildman–Crippen MR) is 75.5 cm³/mol. The van der Waals surface area contributed by atoms with Crippen molar-refractivity contribution in [2.24, 2.45) is 12.8 Å². The van der Waals surface area contributed by atoms with E-state index in [9.17, 15) is 4.39 Å². The normalized spacial score (nSPS) is 10.4. The average Bonchev–Trinajstić information content (AvgIpc) is 2.74. The molecule has 7 heteroatoms. The molecule has 0 bridgehead atoms. The topological polar surface area (TPSA) is 68.8 Å². The maximum Gasteiger partial charge on any atom is 0.152 e. The van der Waals surface area contributed by atoms with Gasteiger partial charge in [0.1, 0.15) is 17.1 Å². The average molecular weight is 279 g/mol. The first-order valence-electron chi connectivity index (χ1n) is 5.74. The summed E-state index contributed by atoms with van der Waals surface area (Å²) >= 11 is 4.85. The van der Waals surface area contributed by atoms with Gasteiger partial charge in [-0.15, -0.1) is 0 Å². The summed E-state index contributed by atoms with van der Waals surface area (Å²) in [6, 6.07) is 4.68. The minimum atomic E-state index is -0.423. The smallest absolute Gasteiger partial charge is 0.152 e. The number of nitrogens with zero attached hydrogens (tertiary/aromatic N) is 3. The molecule has 2 rings (SSSR count). The van der Waals surface area contributed by atoms with Crippen LogP contribution in [0.4, 0.5) is 10.1 Å². The van der Waals surface area contributed by atoms with Gasteiger partial charge < -0.3 is 11.1 Å². The molecule has 1 heterocycles. The summed E-state index contributed by atoms with van der Waals surface area (Å²) < 4.78 is 15.3. The molecule has 0 atom stereocenters. The van der Waals surface area contributed by atoms with Crippen molar-refractivity contribution in [3.63, 3.8) is 0 Å². The molecule has 19 heavy (non-hydrogen) atoms. The summed E-state index contributed by atoms with van der Waals surface area (Å²) in [5, 5.41) is 7.25. The second-order valence-corrected chi connectivity index (χ2v) is 4.48. The number of halogens is 1. The lowest BCUT2D eigenvalue weighted by molar-refractivity contribution is 0.626. The largest absolute Gasteiger partial charge is 0.389 e. The van der Waals surface area contributed by atoms with Gasteiger partial charge in [0.2, 0.25) is 0 Å².